The number of ketones is 1. The number of carbonyl (C=O) groups excluding carboxylic acids is 1. The molecule has 5 nitrogen and oxygen atoms in total. The zero-order valence-corrected chi connectivity index (χ0v) is 11.5. The Balaban J connectivity index is 2.18. The number of carbonyl (C=O) groups is 1. The zero-order chi connectivity index (χ0) is 15.1. The van der Waals surface area contributed by atoms with Gasteiger partial charge in [-0.3, -0.25) is 4.79 Å². The third-order valence-corrected chi connectivity index (χ3v) is 3.49. The van der Waals surface area contributed by atoms with Crippen LogP contribution in [0.25, 0.3) is 5.57 Å². The van der Waals surface area contributed by atoms with Gasteiger partial charge in [0, 0.05) is 13.2 Å². The number of rotatable bonds is 5. The second-order valence-electron chi connectivity index (χ2n) is 4.99. The maximum Gasteiger partial charge on any atom is 0.178 e. The maximum atomic E-state index is 14.2. The van der Waals surface area contributed by atoms with E-state index in [1.807, 2.05) is 0 Å². The number of ether oxygens (including phenoxy) is 1. The molecule has 1 aliphatic carbocycles. The Morgan fingerprint density at radius 1 is 1.75 bits per heavy atom. The van der Waals surface area contributed by atoms with E-state index >= 15 is 0 Å². The van der Waals surface area contributed by atoms with E-state index < -0.39 is 23.4 Å². The lowest BCUT2D eigenvalue weighted by Gasteiger charge is -2.05. The zero-order valence-electron chi connectivity index (χ0n) is 11.5. The van der Waals surface area contributed by atoms with Gasteiger partial charge in [-0.2, -0.15) is 0 Å². The molecular formula is C14H16FNO4. The van der Waals surface area contributed by atoms with Crippen LogP contribution in [0.3, 0.4) is 0 Å². The Labute approximate surface area is 115 Å². The molecule has 3 atom stereocenters. The number of allylic oxidation sites excluding steroid dienone is 2. The van der Waals surface area contributed by atoms with Gasteiger partial charge in [-0.05, 0) is 25.5 Å². The van der Waals surface area contributed by atoms with Crippen molar-refractivity contribution in [2.24, 2.45) is 5.41 Å². The number of halogens is 1. The summed E-state index contributed by atoms with van der Waals surface area (Å²) in [4.78, 5) is 11.5. The minimum Gasteiger partial charge on any atom is -0.385 e. The largest absolute Gasteiger partial charge is 0.385 e. The van der Waals surface area contributed by atoms with Gasteiger partial charge in [-0.15, -0.1) is 0 Å². The highest BCUT2D eigenvalue weighted by Crippen LogP contribution is 2.50. The molecule has 0 saturated heterocycles. The molecule has 1 N–H and O–H groups in total. The number of aliphatic hydroxyl groups excluding tert-OH is 1. The second-order valence-corrected chi connectivity index (χ2v) is 4.99. The van der Waals surface area contributed by atoms with E-state index in [0.29, 0.717) is 5.69 Å². The number of hydrogen-bond acceptors (Lipinski definition) is 5. The first-order valence-electron chi connectivity index (χ1n) is 6.11. The molecule has 0 radical (unpaired) electrons. The third-order valence-electron chi connectivity index (χ3n) is 3.49. The van der Waals surface area contributed by atoms with Crippen molar-refractivity contribution in [3.8, 4) is 0 Å². The fourth-order valence-corrected chi connectivity index (χ4v) is 1.97. The van der Waals surface area contributed by atoms with Gasteiger partial charge in [-0.25, -0.2) is 4.39 Å². The van der Waals surface area contributed by atoms with Crippen molar-refractivity contribution in [2.45, 2.75) is 26.1 Å². The summed E-state index contributed by atoms with van der Waals surface area (Å²) in [6, 6.07) is 1.47. The van der Waals surface area contributed by atoms with E-state index in [-0.39, 0.29) is 17.1 Å². The van der Waals surface area contributed by atoms with Crippen molar-refractivity contribution >= 4 is 11.4 Å². The van der Waals surface area contributed by atoms with E-state index in [2.05, 4.69) is 11.7 Å². The van der Waals surface area contributed by atoms with Gasteiger partial charge in [0.25, 0.3) is 0 Å². The molecule has 0 bridgehead atoms. The van der Waals surface area contributed by atoms with E-state index in [4.69, 9.17) is 9.26 Å². The molecule has 6 heteroatoms. The number of hydrogen-bond donors (Lipinski definition) is 1. The molecule has 2 rings (SSSR count). The fraction of sp³-hybridized carbons (Fsp3) is 0.429. The highest BCUT2D eigenvalue weighted by molar-refractivity contribution is 6.09. The third kappa shape index (κ3) is 2.21. The molecule has 1 heterocycles. The fourth-order valence-electron chi connectivity index (χ4n) is 1.97. The smallest absolute Gasteiger partial charge is 0.178 e. The van der Waals surface area contributed by atoms with Crippen LogP contribution in [0.4, 0.5) is 4.39 Å². The summed E-state index contributed by atoms with van der Waals surface area (Å²) in [5, 5.41) is 13.0. The first-order chi connectivity index (χ1) is 9.32. The lowest BCUT2D eigenvalue weighted by Crippen LogP contribution is -2.04. The first-order valence-corrected chi connectivity index (χ1v) is 6.11. The van der Waals surface area contributed by atoms with Gasteiger partial charge in [0.15, 0.2) is 11.5 Å². The molecule has 0 amide bonds. The number of methoxy groups -OCH3 is 1. The lowest BCUT2D eigenvalue weighted by molar-refractivity contribution is -0.114. The molecule has 1 saturated carbocycles. The van der Waals surface area contributed by atoms with E-state index in [9.17, 15) is 14.3 Å². The summed E-state index contributed by atoms with van der Waals surface area (Å²) < 4.78 is 23.9. The summed E-state index contributed by atoms with van der Waals surface area (Å²) >= 11 is 0. The van der Waals surface area contributed by atoms with Crippen LogP contribution in [-0.2, 0) is 9.53 Å². The van der Waals surface area contributed by atoms with Gasteiger partial charge in [0.05, 0.1) is 0 Å². The SMILES string of the molecule is C=C(/C=C(/F)[C@]1(C)C(=O)[C@H]1OC)c1cc(C(C)O)on1. The predicted octanol–water partition coefficient (Wildman–Crippen LogP) is 2.20. The van der Waals surface area contributed by atoms with E-state index in [1.165, 1.54) is 27.0 Å². The quantitative estimate of drug-likeness (QED) is 0.838. The van der Waals surface area contributed by atoms with Crippen LogP contribution in [-0.4, -0.2) is 29.3 Å². The average Bonchev–Trinajstić information content (AvgIpc) is 2.81. The molecular weight excluding hydrogens is 265 g/mol. The van der Waals surface area contributed by atoms with Crippen molar-refractivity contribution in [3.05, 3.63) is 36.0 Å². The molecule has 0 aromatic carbocycles. The second kappa shape index (κ2) is 4.96. The van der Waals surface area contributed by atoms with Crippen LogP contribution in [0.5, 0.6) is 0 Å². The van der Waals surface area contributed by atoms with Gasteiger partial charge in [0.1, 0.15) is 29.1 Å². The van der Waals surface area contributed by atoms with Gasteiger partial charge >= 0.3 is 0 Å². The van der Waals surface area contributed by atoms with Crippen LogP contribution in [0.2, 0.25) is 0 Å². The Bertz CT molecular complexity index is 590. The van der Waals surface area contributed by atoms with Crippen molar-refractivity contribution in [2.75, 3.05) is 7.11 Å². The Kier molecular flexibility index (Phi) is 3.62. The highest BCUT2D eigenvalue weighted by atomic mass is 19.1. The van der Waals surface area contributed by atoms with Crippen LogP contribution in [0, 0.1) is 5.41 Å². The summed E-state index contributed by atoms with van der Waals surface area (Å²) in [5.41, 5.74) is -0.676. The van der Waals surface area contributed by atoms with Crippen molar-refractivity contribution in [3.63, 3.8) is 0 Å². The maximum absolute atomic E-state index is 14.2. The molecule has 20 heavy (non-hydrogen) atoms. The highest BCUT2D eigenvalue weighted by Gasteiger charge is 2.65. The molecule has 1 aliphatic rings. The van der Waals surface area contributed by atoms with E-state index in [0.717, 1.165) is 6.08 Å². The average molecular weight is 281 g/mol. The predicted molar refractivity (Wildman–Crippen MR) is 69.3 cm³/mol. The van der Waals surface area contributed by atoms with Crippen LogP contribution in [0.15, 0.2) is 29.1 Å². The standard InChI is InChI=1S/C14H16FNO4/c1-7(9-6-10(8(2)17)20-16-9)5-11(15)14(3)12(18)13(14)19-4/h5-6,8,13,17H,1H2,2-4H3/b11-5+/t8?,13-,14-/m1/s1. The van der Waals surface area contributed by atoms with Crippen LogP contribution < -0.4 is 0 Å². The van der Waals surface area contributed by atoms with Gasteiger partial charge in [-0.1, -0.05) is 11.7 Å². The van der Waals surface area contributed by atoms with Gasteiger partial charge < -0.3 is 14.4 Å². The number of aliphatic hydroxyl groups is 1. The molecule has 1 aromatic heterocycles. The Morgan fingerprint density at radius 3 is 2.85 bits per heavy atom. The number of aromatic nitrogens is 1. The monoisotopic (exact) mass is 281 g/mol. The molecule has 0 aliphatic heterocycles. The Morgan fingerprint density at radius 2 is 2.40 bits per heavy atom. The van der Waals surface area contributed by atoms with Crippen molar-refractivity contribution < 1.29 is 23.6 Å². The van der Waals surface area contributed by atoms with Crippen molar-refractivity contribution in [1.82, 2.24) is 5.16 Å². The Hall–Kier alpha value is -1.79. The summed E-state index contributed by atoms with van der Waals surface area (Å²) in [6.45, 7) is 6.69. The minimum atomic E-state index is -1.24. The molecule has 0 spiro atoms. The van der Waals surface area contributed by atoms with Crippen LogP contribution in [0.1, 0.15) is 31.4 Å². The molecule has 1 unspecified atom stereocenters. The summed E-state index contributed by atoms with van der Waals surface area (Å²) in [6.07, 6.45) is -0.421. The minimum absolute atomic E-state index is 0.258. The summed E-state index contributed by atoms with van der Waals surface area (Å²) in [5.74, 6) is -0.661. The molecule has 1 aromatic rings. The van der Waals surface area contributed by atoms with Crippen LogP contribution >= 0.6 is 0 Å². The number of Topliss-reactive ketones (excluding diaryl/α,β-unsaturated/α-hetero) is 1. The molecule has 1 fully saturated rings. The topological polar surface area (TPSA) is 72.6 Å². The molecule has 108 valence electrons. The number of nitrogens with zero attached hydrogens (tertiary/aromatic N) is 1. The van der Waals surface area contributed by atoms with Gasteiger partial charge in [0.2, 0.25) is 0 Å². The first kappa shape index (κ1) is 14.6. The van der Waals surface area contributed by atoms with E-state index in [1.54, 1.807) is 0 Å². The lowest BCUT2D eigenvalue weighted by atomic mass is 10.0. The summed E-state index contributed by atoms with van der Waals surface area (Å²) in [7, 11) is 1.36. The van der Waals surface area contributed by atoms with Crippen molar-refractivity contribution in [1.29, 1.82) is 0 Å². The normalized spacial score (nSPS) is 27.6.